The van der Waals surface area contributed by atoms with Gasteiger partial charge < -0.3 is 11.1 Å². The molecule has 0 saturated carbocycles. The Bertz CT molecular complexity index is 106. The molecule has 0 fully saturated rings. The van der Waals surface area contributed by atoms with Gasteiger partial charge in [0.1, 0.15) is 0 Å². The van der Waals surface area contributed by atoms with E-state index in [2.05, 4.69) is 5.32 Å². The number of hydrogen-bond acceptors (Lipinski definition) is 3. The summed E-state index contributed by atoms with van der Waals surface area (Å²) in [7, 11) is 0. The standard InChI is InChI=1S/C6H14N2OS/c1-5(7)3-10-4-8-6(2)9/h5H,3-4,7H2,1-2H3,(H,8,9). The van der Waals surface area contributed by atoms with Crippen molar-refractivity contribution in [2.24, 2.45) is 5.73 Å². The molecule has 0 aromatic carbocycles. The van der Waals surface area contributed by atoms with Crippen LogP contribution in [-0.4, -0.2) is 23.6 Å². The van der Waals surface area contributed by atoms with Crippen LogP contribution in [0.4, 0.5) is 0 Å². The average molecular weight is 162 g/mol. The molecule has 3 nitrogen and oxygen atoms in total. The third-order valence-corrected chi connectivity index (χ3v) is 1.91. The minimum absolute atomic E-state index is 0.0113. The summed E-state index contributed by atoms with van der Waals surface area (Å²) in [6.07, 6.45) is 0. The van der Waals surface area contributed by atoms with Crippen molar-refractivity contribution in [1.82, 2.24) is 5.32 Å². The minimum Gasteiger partial charge on any atom is -0.347 e. The summed E-state index contributed by atoms with van der Waals surface area (Å²) < 4.78 is 0. The fourth-order valence-corrected chi connectivity index (χ4v) is 1.19. The van der Waals surface area contributed by atoms with Gasteiger partial charge in [-0.3, -0.25) is 4.79 Å². The number of thioether (sulfide) groups is 1. The van der Waals surface area contributed by atoms with Gasteiger partial charge >= 0.3 is 0 Å². The molecule has 0 aromatic heterocycles. The van der Waals surface area contributed by atoms with Gasteiger partial charge in [-0.25, -0.2) is 0 Å². The van der Waals surface area contributed by atoms with Crippen molar-refractivity contribution >= 4 is 17.7 Å². The lowest BCUT2D eigenvalue weighted by Gasteiger charge is -2.03. The predicted octanol–water partition coefficient (Wildman–Crippen LogP) is 0.160. The summed E-state index contributed by atoms with van der Waals surface area (Å²) in [6, 6.07) is 0.207. The zero-order valence-corrected chi connectivity index (χ0v) is 7.20. The normalized spacial score (nSPS) is 12.7. The van der Waals surface area contributed by atoms with Crippen LogP contribution in [0.2, 0.25) is 0 Å². The molecule has 0 spiro atoms. The quantitative estimate of drug-likeness (QED) is 0.457. The summed E-state index contributed by atoms with van der Waals surface area (Å²) in [5.74, 6) is 1.56. The molecule has 60 valence electrons. The molecule has 0 radical (unpaired) electrons. The third-order valence-electron chi connectivity index (χ3n) is 0.804. The van der Waals surface area contributed by atoms with Crippen LogP contribution in [0.25, 0.3) is 0 Å². The second-order valence-corrected chi connectivity index (χ2v) is 3.26. The fourth-order valence-electron chi connectivity index (χ4n) is 0.397. The van der Waals surface area contributed by atoms with E-state index >= 15 is 0 Å². The number of amides is 1. The van der Waals surface area contributed by atoms with Crippen LogP contribution in [0.5, 0.6) is 0 Å². The minimum atomic E-state index is 0.0113. The van der Waals surface area contributed by atoms with Crippen LogP contribution in [0, 0.1) is 0 Å². The van der Waals surface area contributed by atoms with Crippen LogP contribution >= 0.6 is 11.8 Å². The van der Waals surface area contributed by atoms with Crippen LogP contribution in [0.15, 0.2) is 0 Å². The molecular weight excluding hydrogens is 148 g/mol. The van der Waals surface area contributed by atoms with Gasteiger partial charge in [-0.1, -0.05) is 0 Å². The topological polar surface area (TPSA) is 55.1 Å². The van der Waals surface area contributed by atoms with Crippen LogP contribution in [0.1, 0.15) is 13.8 Å². The third kappa shape index (κ3) is 7.78. The highest BCUT2D eigenvalue weighted by Crippen LogP contribution is 1.97. The number of nitrogens with one attached hydrogen (secondary N) is 1. The van der Waals surface area contributed by atoms with E-state index in [1.165, 1.54) is 6.92 Å². The van der Waals surface area contributed by atoms with E-state index in [1.54, 1.807) is 11.8 Å². The fraction of sp³-hybridized carbons (Fsp3) is 0.833. The first-order chi connectivity index (χ1) is 4.63. The van der Waals surface area contributed by atoms with Gasteiger partial charge in [0, 0.05) is 18.7 Å². The maximum absolute atomic E-state index is 10.3. The number of rotatable bonds is 4. The maximum atomic E-state index is 10.3. The van der Waals surface area contributed by atoms with E-state index in [0.717, 1.165) is 5.75 Å². The lowest BCUT2D eigenvalue weighted by atomic mass is 10.4. The highest BCUT2D eigenvalue weighted by atomic mass is 32.2. The highest BCUT2D eigenvalue weighted by Gasteiger charge is 1.94. The molecule has 1 unspecified atom stereocenters. The molecule has 0 bridgehead atoms. The molecule has 3 N–H and O–H groups in total. The Kier molecular flexibility index (Phi) is 5.43. The van der Waals surface area contributed by atoms with Crippen molar-refractivity contribution in [2.75, 3.05) is 11.6 Å². The number of carbonyl (C=O) groups is 1. The first-order valence-electron chi connectivity index (χ1n) is 3.20. The van der Waals surface area contributed by atoms with E-state index in [1.807, 2.05) is 6.92 Å². The first-order valence-corrected chi connectivity index (χ1v) is 4.36. The molecule has 1 atom stereocenters. The predicted molar refractivity (Wildman–Crippen MR) is 44.8 cm³/mol. The molecule has 0 aliphatic heterocycles. The Balaban J connectivity index is 2.98. The van der Waals surface area contributed by atoms with Crippen molar-refractivity contribution in [3.8, 4) is 0 Å². The Labute approximate surface area is 65.7 Å². The molecule has 0 heterocycles. The number of nitrogens with two attached hydrogens (primary N) is 1. The molecule has 0 saturated heterocycles. The summed E-state index contributed by atoms with van der Waals surface area (Å²) in [5, 5.41) is 2.67. The van der Waals surface area contributed by atoms with Crippen molar-refractivity contribution in [1.29, 1.82) is 0 Å². The van der Waals surface area contributed by atoms with Gasteiger partial charge in [0.2, 0.25) is 5.91 Å². The molecule has 4 heteroatoms. The second kappa shape index (κ2) is 5.56. The van der Waals surface area contributed by atoms with Crippen molar-refractivity contribution < 1.29 is 4.79 Å². The molecule has 1 amide bonds. The van der Waals surface area contributed by atoms with Crippen molar-refractivity contribution in [3.05, 3.63) is 0 Å². The number of carbonyl (C=O) groups excluding carboxylic acids is 1. The molecule has 0 rings (SSSR count). The Morgan fingerprint density at radius 3 is 2.80 bits per heavy atom. The van der Waals surface area contributed by atoms with Crippen LogP contribution < -0.4 is 11.1 Å². The first kappa shape index (κ1) is 9.78. The average Bonchev–Trinajstić information content (AvgIpc) is 1.79. The molecule has 0 aliphatic rings. The van der Waals surface area contributed by atoms with E-state index in [0.29, 0.717) is 5.88 Å². The van der Waals surface area contributed by atoms with E-state index < -0.39 is 0 Å². The van der Waals surface area contributed by atoms with Gasteiger partial charge in [0.05, 0.1) is 5.88 Å². The van der Waals surface area contributed by atoms with Gasteiger partial charge in [-0.15, -0.1) is 11.8 Å². The van der Waals surface area contributed by atoms with E-state index in [9.17, 15) is 4.79 Å². The summed E-state index contributed by atoms with van der Waals surface area (Å²) in [5.41, 5.74) is 5.48. The molecular formula is C6H14N2OS. The van der Waals surface area contributed by atoms with Crippen molar-refractivity contribution in [3.63, 3.8) is 0 Å². The second-order valence-electron chi connectivity index (χ2n) is 2.23. The van der Waals surface area contributed by atoms with Crippen LogP contribution in [-0.2, 0) is 4.79 Å². The molecule has 0 aromatic rings. The van der Waals surface area contributed by atoms with E-state index in [-0.39, 0.29) is 11.9 Å². The van der Waals surface area contributed by atoms with Crippen molar-refractivity contribution in [2.45, 2.75) is 19.9 Å². The van der Waals surface area contributed by atoms with Gasteiger partial charge in [-0.2, -0.15) is 0 Å². The monoisotopic (exact) mass is 162 g/mol. The van der Waals surface area contributed by atoms with Gasteiger partial charge in [-0.05, 0) is 6.92 Å². The Morgan fingerprint density at radius 1 is 1.80 bits per heavy atom. The summed E-state index contributed by atoms with van der Waals surface area (Å²) >= 11 is 1.63. The molecule has 10 heavy (non-hydrogen) atoms. The Morgan fingerprint density at radius 2 is 2.40 bits per heavy atom. The lowest BCUT2D eigenvalue weighted by Crippen LogP contribution is -2.23. The van der Waals surface area contributed by atoms with Gasteiger partial charge in [0.15, 0.2) is 0 Å². The number of hydrogen-bond donors (Lipinski definition) is 2. The zero-order chi connectivity index (χ0) is 7.98. The lowest BCUT2D eigenvalue weighted by molar-refractivity contribution is -0.118. The van der Waals surface area contributed by atoms with E-state index in [4.69, 9.17) is 5.73 Å². The Hall–Kier alpha value is -0.220. The summed E-state index contributed by atoms with van der Waals surface area (Å²) in [6.45, 7) is 3.45. The maximum Gasteiger partial charge on any atom is 0.217 e. The molecule has 0 aliphatic carbocycles. The smallest absolute Gasteiger partial charge is 0.217 e. The summed E-state index contributed by atoms with van der Waals surface area (Å²) in [4.78, 5) is 10.3. The highest BCUT2D eigenvalue weighted by molar-refractivity contribution is 7.99. The largest absolute Gasteiger partial charge is 0.347 e. The van der Waals surface area contributed by atoms with Crippen LogP contribution in [0.3, 0.4) is 0 Å². The SMILES string of the molecule is CC(=O)NCSCC(C)N. The zero-order valence-electron chi connectivity index (χ0n) is 6.39. The van der Waals surface area contributed by atoms with Gasteiger partial charge in [0.25, 0.3) is 0 Å².